The quantitative estimate of drug-likeness (QED) is 0.769. The number of methoxy groups -OCH3 is 1. The molecule has 0 unspecified atom stereocenters. The van der Waals surface area contributed by atoms with Gasteiger partial charge >= 0.3 is 5.97 Å². The van der Waals surface area contributed by atoms with Crippen molar-refractivity contribution in [2.45, 2.75) is 39.7 Å². The van der Waals surface area contributed by atoms with Gasteiger partial charge in [-0.05, 0) is 36.6 Å². The molecule has 2 aromatic rings. The third-order valence-electron chi connectivity index (χ3n) is 4.55. The molecule has 0 radical (unpaired) electrons. The van der Waals surface area contributed by atoms with Gasteiger partial charge in [-0.1, -0.05) is 13.8 Å². The Morgan fingerprint density at radius 1 is 1.23 bits per heavy atom. The molecule has 1 aliphatic heterocycles. The van der Waals surface area contributed by atoms with Gasteiger partial charge in [0.15, 0.2) is 5.89 Å². The highest BCUT2D eigenvalue weighted by Crippen LogP contribution is 2.22. The minimum Gasteiger partial charge on any atom is -0.465 e. The first-order valence-corrected chi connectivity index (χ1v) is 8.93. The Kier molecular flexibility index (Phi) is 5.40. The average Bonchev–Trinajstić information content (AvgIpc) is 3.07. The van der Waals surface area contributed by atoms with E-state index >= 15 is 0 Å². The molecule has 6 nitrogen and oxygen atoms in total. The van der Waals surface area contributed by atoms with Gasteiger partial charge in [0, 0.05) is 24.9 Å². The second kappa shape index (κ2) is 7.72. The fourth-order valence-corrected chi connectivity index (χ4v) is 2.99. The Bertz CT molecular complexity index is 793. The first-order valence-electron chi connectivity index (χ1n) is 8.93. The second-order valence-electron chi connectivity index (χ2n) is 6.96. The summed E-state index contributed by atoms with van der Waals surface area (Å²) in [5.74, 6) is 1.78. The van der Waals surface area contributed by atoms with Crippen LogP contribution in [-0.4, -0.2) is 35.4 Å². The monoisotopic (exact) mass is 356 g/mol. The first-order chi connectivity index (χ1) is 12.5. The van der Waals surface area contributed by atoms with Gasteiger partial charge in [0.2, 0.25) is 0 Å². The van der Waals surface area contributed by atoms with Gasteiger partial charge in [-0.15, -0.1) is 0 Å². The van der Waals surface area contributed by atoms with E-state index in [2.05, 4.69) is 23.6 Å². The SMILES string of the molecule is COC(=O)c1ccc(C(=O)N2CCc3oc(CCC(C)C)nc3C2)cc1. The number of carbonyl (C=O) groups is 2. The summed E-state index contributed by atoms with van der Waals surface area (Å²) in [4.78, 5) is 30.6. The normalized spacial score (nSPS) is 13.6. The maximum absolute atomic E-state index is 12.7. The lowest BCUT2D eigenvalue weighted by Crippen LogP contribution is -2.35. The van der Waals surface area contributed by atoms with Crippen molar-refractivity contribution >= 4 is 11.9 Å². The van der Waals surface area contributed by atoms with Gasteiger partial charge < -0.3 is 14.1 Å². The fourth-order valence-electron chi connectivity index (χ4n) is 2.99. The number of aromatic nitrogens is 1. The Morgan fingerprint density at radius 3 is 2.58 bits per heavy atom. The largest absolute Gasteiger partial charge is 0.465 e. The van der Waals surface area contributed by atoms with Gasteiger partial charge in [-0.3, -0.25) is 4.79 Å². The molecule has 1 aromatic heterocycles. The number of rotatable bonds is 5. The maximum atomic E-state index is 12.7. The van der Waals surface area contributed by atoms with Crippen molar-refractivity contribution in [3.8, 4) is 0 Å². The van der Waals surface area contributed by atoms with Crippen molar-refractivity contribution in [3.05, 3.63) is 52.7 Å². The summed E-state index contributed by atoms with van der Waals surface area (Å²) in [5, 5.41) is 0. The molecule has 0 atom stereocenters. The standard InChI is InChI=1S/C20H24N2O4/c1-13(2)4-9-18-21-16-12-22(11-10-17(16)26-18)19(23)14-5-7-15(8-6-14)20(24)25-3/h5-8,13H,4,9-12H2,1-3H3. The summed E-state index contributed by atoms with van der Waals surface area (Å²) in [6.45, 7) is 5.41. The number of hydrogen-bond donors (Lipinski definition) is 0. The lowest BCUT2D eigenvalue weighted by molar-refractivity contribution is 0.0599. The van der Waals surface area contributed by atoms with Crippen LogP contribution in [0.3, 0.4) is 0 Å². The summed E-state index contributed by atoms with van der Waals surface area (Å²) < 4.78 is 10.5. The highest BCUT2D eigenvalue weighted by molar-refractivity contribution is 5.96. The minimum atomic E-state index is -0.414. The molecular weight excluding hydrogens is 332 g/mol. The zero-order chi connectivity index (χ0) is 18.7. The molecule has 1 aromatic carbocycles. The molecule has 1 aliphatic rings. The number of fused-ring (bicyclic) bond motifs is 1. The fraction of sp³-hybridized carbons (Fsp3) is 0.450. The van der Waals surface area contributed by atoms with Crippen molar-refractivity contribution in [2.75, 3.05) is 13.7 Å². The van der Waals surface area contributed by atoms with Crippen LogP contribution in [0.2, 0.25) is 0 Å². The lowest BCUT2D eigenvalue weighted by atomic mass is 10.1. The van der Waals surface area contributed by atoms with Crippen LogP contribution < -0.4 is 0 Å². The van der Waals surface area contributed by atoms with E-state index < -0.39 is 5.97 Å². The predicted molar refractivity (Wildman–Crippen MR) is 95.9 cm³/mol. The number of nitrogens with zero attached hydrogens (tertiary/aromatic N) is 2. The van der Waals surface area contributed by atoms with Crippen LogP contribution in [0.5, 0.6) is 0 Å². The minimum absolute atomic E-state index is 0.0706. The second-order valence-corrected chi connectivity index (χ2v) is 6.96. The number of carbonyl (C=O) groups excluding carboxylic acids is 2. The molecule has 1 amide bonds. The van der Waals surface area contributed by atoms with Gasteiger partial charge in [-0.25, -0.2) is 9.78 Å². The zero-order valence-electron chi connectivity index (χ0n) is 15.4. The predicted octanol–water partition coefficient (Wildman–Crippen LogP) is 3.25. The summed E-state index contributed by atoms with van der Waals surface area (Å²) in [5.41, 5.74) is 1.83. The lowest BCUT2D eigenvalue weighted by Gasteiger charge is -2.25. The third-order valence-corrected chi connectivity index (χ3v) is 4.55. The third kappa shape index (κ3) is 3.95. The molecule has 138 valence electrons. The van der Waals surface area contributed by atoms with Crippen molar-refractivity contribution in [1.29, 1.82) is 0 Å². The number of ether oxygens (including phenoxy) is 1. The molecule has 3 rings (SSSR count). The van der Waals surface area contributed by atoms with Crippen LogP contribution >= 0.6 is 0 Å². The van der Waals surface area contributed by atoms with Crippen LogP contribution in [0.15, 0.2) is 28.7 Å². The van der Waals surface area contributed by atoms with E-state index in [0.717, 1.165) is 30.2 Å². The first kappa shape index (κ1) is 18.2. The molecule has 0 saturated carbocycles. The maximum Gasteiger partial charge on any atom is 0.337 e. The van der Waals surface area contributed by atoms with Crippen molar-refractivity contribution in [2.24, 2.45) is 5.92 Å². The summed E-state index contributed by atoms with van der Waals surface area (Å²) in [6.07, 6.45) is 2.54. The topological polar surface area (TPSA) is 72.6 Å². The molecule has 26 heavy (non-hydrogen) atoms. The van der Waals surface area contributed by atoms with E-state index in [1.165, 1.54) is 7.11 Å². The molecule has 6 heteroatoms. The van der Waals surface area contributed by atoms with Crippen molar-refractivity contribution in [3.63, 3.8) is 0 Å². The van der Waals surface area contributed by atoms with E-state index in [-0.39, 0.29) is 5.91 Å². The molecule has 0 fully saturated rings. The summed E-state index contributed by atoms with van der Waals surface area (Å²) in [7, 11) is 1.33. The average molecular weight is 356 g/mol. The van der Waals surface area contributed by atoms with Crippen LogP contribution in [-0.2, 0) is 24.1 Å². The number of esters is 1. The number of amides is 1. The molecule has 0 spiro atoms. The van der Waals surface area contributed by atoms with Crippen LogP contribution in [0.4, 0.5) is 0 Å². The number of aryl methyl sites for hydroxylation is 1. The number of oxazole rings is 1. The van der Waals surface area contributed by atoms with Crippen molar-refractivity contribution in [1.82, 2.24) is 9.88 Å². The molecule has 0 N–H and O–H groups in total. The number of benzene rings is 1. The van der Waals surface area contributed by atoms with E-state index in [9.17, 15) is 9.59 Å². The van der Waals surface area contributed by atoms with E-state index in [0.29, 0.717) is 36.6 Å². The Morgan fingerprint density at radius 2 is 1.92 bits per heavy atom. The van der Waals surface area contributed by atoms with Gasteiger partial charge in [0.1, 0.15) is 11.5 Å². The zero-order valence-corrected chi connectivity index (χ0v) is 15.4. The Balaban J connectivity index is 1.68. The van der Waals surface area contributed by atoms with Crippen LogP contribution in [0.1, 0.15) is 58.3 Å². The van der Waals surface area contributed by atoms with Crippen LogP contribution in [0.25, 0.3) is 0 Å². The highest BCUT2D eigenvalue weighted by atomic mass is 16.5. The molecule has 0 bridgehead atoms. The van der Waals surface area contributed by atoms with E-state index in [1.807, 2.05) is 0 Å². The summed E-state index contributed by atoms with van der Waals surface area (Å²) in [6, 6.07) is 6.52. The molecule has 0 aliphatic carbocycles. The van der Waals surface area contributed by atoms with Gasteiger partial charge in [-0.2, -0.15) is 0 Å². The van der Waals surface area contributed by atoms with Gasteiger partial charge in [0.25, 0.3) is 5.91 Å². The van der Waals surface area contributed by atoms with Gasteiger partial charge in [0.05, 0.1) is 19.2 Å². The van der Waals surface area contributed by atoms with E-state index in [4.69, 9.17) is 4.42 Å². The summed E-state index contributed by atoms with van der Waals surface area (Å²) >= 11 is 0. The number of hydrogen-bond acceptors (Lipinski definition) is 5. The smallest absolute Gasteiger partial charge is 0.337 e. The Hall–Kier alpha value is -2.63. The molecular formula is C20H24N2O4. The van der Waals surface area contributed by atoms with Crippen LogP contribution in [0, 0.1) is 5.92 Å². The molecule has 2 heterocycles. The molecule has 0 saturated heterocycles. The highest BCUT2D eigenvalue weighted by Gasteiger charge is 2.26. The van der Waals surface area contributed by atoms with Crippen molar-refractivity contribution < 1.29 is 18.7 Å². The van der Waals surface area contributed by atoms with E-state index in [1.54, 1.807) is 29.2 Å². The Labute approximate surface area is 153 Å².